The fourth-order valence-electron chi connectivity index (χ4n) is 3.94. The fraction of sp³-hybridized carbons (Fsp3) is 0.240. The second-order valence-corrected chi connectivity index (χ2v) is 8.39. The summed E-state index contributed by atoms with van der Waals surface area (Å²) in [5.41, 5.74) is 2.03. The van der Waals surface area contributed by atoms with E-state index in [4.69, 9.17) is 9.47 Å². The van der Waals surface area contributed by atoms with Crippen LogP contribution >= 0.6 is 0 Å². The van der Waals surface area contributed by atoms with Gasteiger partial charge in [0.1, 0.15) is 5.82 Å². The van der Waals surface area contributed by atoms with Crippen molar-refractivity contribution in [2.45, 2.75) is 31.0 Å². The monoisotopic (exact) mass is 487 g/mol. The van der Waals surface area contributed by atoms with Gasteiger partial charge >= 0.3 is 12.1 Å². The number of alkyl halides is 3. The van der Waals surface area contributed by atoms with Crippen LogP contribution in [-0.4, -0.2) is 29.8 Å². The van der Waals surface area contributed by atoms with E-state index in [0.717, 1.165) is 5.56 Å². The van der Waals surface area contributed by atoms with Gasteiger partial charge in [-0.05, 0) is 48.2 Å². The number of fused-ring (bicyclic) bond motifs is 1. The molecule has 1 aliphatic heterocycles. The van der Waals surface area contributed by atoms with E-state index in [1.54, 1.807) is 42.5 Å². The van der Waals surface area contributed by atoms with Gasteiger partial charge in [0.15, 0.2) is 11.5 Å². The normalized spacial score (nSPS) is 15.4. The molecule has 184 valence electrons. The summed E-state index contributed by atoms with van der Waals surface area (Å²) in [6.07, 6.45) is -3.49. The zero-order chi connectivity index (χ0) is 24.6. The van der Waals surface area contributed by atoms with Crippen molar-refractivity contribution < 1.29 is 35.1 Å². The van der Waals surface area contributed by atoms with Crippen molar-refractivity contribution in [2.24, 2.45) is 0 Å². The van der Waals surface area contributed by atoms with Gasteiger partial charge in [-0.3, -0.25) is 9.59 Å². The number of hydrogen-bond acceptors (Lipinski definition) is 5. The summed E-state index contributed by atoms with van der Waals surface area (Å²) in [4.78, 5) is 28.6. The summed E-state index contributed by atoms with van der Waals surface area (Å²) in [5.74, 6) is -0.463. The second kappa shape index (κ2) is 8.61. The number of rotatable bonds is 6. The Hall–Kier alpha value is -4.08. The van der Waals surface area contributed by atoms with Crippen molar-refractivity contribution in [3.05, 3.63) is 71.8 Å². The molecule has 0 radical (unpaired) electrons. The molecule has 35 heavy (non-hydrogen) atoms. The number of carbonyl (C=O) groups excluding carboxylic acids is 2. The van der Waals surface area contributed by atoms with Gasteiger partial charge in [-0.15, -0.1) is 0 Å². The van der Waals surface area contributed by atoms with Crippen molar-refractivity contribution in [1.82, 2.24) is 10.3 Å². The SMILES string of the molecule is O=C(NCc1ccc(-c2cccc(NC(=O)C3(c4ccc5c(c4)OCO5)CC3)n2)cc1)C(F)(F)F.[HH].[HH]. The fourth-order valence-corrected chi connectivity index (χ4v) is 3.94. The number of nitrogens with one attached hydrogen (secondary N) is 2. The maximum absolute atomic E-state index is 13.1. The van der Waals surface area contributed by atoms with Crippen LogP contribution in [0.2, 0.25) is 0 Å². The van der Waals surface area contributed by atoms with Crippen LogP contribution in [0.25, 0.3) is 11.3 Å². The lowest BCUT2D eigenvalue weighted by molar-refractivity contribution is -0.173. The first-order valence-corrected chi connectivity index (χ1v) is 10.9. The lowest BCUT2D eigenvalue weighted by Crippen LogP contribution is -2.36. The molecule has 2 N–H and O–H groups in total. The number of ether oxygens (including phenoxy) is 2. The highest BCUT2D eigenvalue weighted by Crippen LogP contribution is 2.51. The van der Waals surface area contributed by atoms with Gasteiger partial charge in [-0.25, -0.2) is 4.98 Å². The van der Waals surface area contributed by atoms with Crippen molar-refractivity contribution in [3.63, 3.8) is 0 Å². The third kappa shape index (κ3) is 4.64. The average Bonchev–Trinajstić information content (AvgIpc) is 3.53. The summed E-state index contributed by atoms with van der Waals surface area (Å²) in [6, 6.07) is 17.3. The minimum absolute atomic E-state index is 0. The van der Waals surface area contributed by atoms with Gasteiger partial charge in [0, 0.05) is 15.0 Å². The minimum Gasteiger partial charge on any atom is -0.454 e. The summed E-state index contributed by atoms with van der Waals surface area (Å²) in [6.45, 7) is -0.0814. The van der Waals surface area contributed by atoms with Crippen LogP contribution in [0.5, 0.6) is 11.5 Å². The molecule has 10 heteroatoms. The molecule has 2 aliphatic rings. The molecule has 1 fully saturated rings. The van der Waals surface area contributed by atoms with Gasteiger partial charge in [0.05, 0.1) is 11.1 Å². The first-order valence-electron chi connectivity index (χ1n) is 10.9. The maximum atomic E-state index is 13.1. The van der Waals surface area contributed by atoms with Crippen LogP contribution in [0.3, 0.4) is 0 Å². The van der Waals surface area contributed by atoms with E-state index in [1.807, 2.05) is 23.5 Å². The Bertz CT molecular complexity index is 1300. The Balaban J connectivity index is 0.00000190. The Labute approximate surface area is 201 Å². The van der Waals surface area contributed by atoms with Gasteiger partial charge in [0.25, 0.3) is 0 Å². The standard InChI is InChI=1S/C25H20F3N3O4.2H2/c26-25(27,28)23(33)29-13-15-4-6-16(7-5-15)18-2-1-3-21(30-18)31-22(32)24(10-11-24)17-8-9-19-20(12-17)35-14-34-19;;/h1-9,12H,10-11,13-14H2,(H,29,33)(H,30,31,32);2*1H. The van der Waals surface area contributed by atoms with Crippen molar-refractivity contribution in [3.8, 4) is 22.8 Å². The van der Waals surface area contributed by atoms with Crippen LogP contribution in [0.15, 0.2) is 60.7 Å². The Morgan fingerprint density at radius 2 is 1.74 bits per heavy atom. The number of pyridine rings is 1. The zero-order valence-electron chi connectivity index (χ0n) is 18.3. The van der Waals surface area contributed by atoms with Crippen LogP contribution < -0.4 is 20.1 Å². The predicted octanol–water partition coefficient (Wildman–Crippen LogP) is 4.82. The van der Waals surface area contributed by atoms with Crippen molar-refractivity contribution in [1.29, 1.82) is 0 Å². The lowest BCUT2D eigenvalue weighted by atomic mass is 9.94. The number of benzene rings is 2. The lowest BCUT2D eigenvalue weighted by Gasteiger charge is -2.16. The summed E-state index contributed by atoms with van der Waals surface area (Å²) in [5, 5.41) is 4.74. The summed E-state index contributed by atoms with van der Waals surface area (Å²) < 4.78 is 47.8. The van der Waals surface area contributed by atoms with E-state index in [9.17, 15) is 22.8 Å². The molecule has 1 saturated carbocycles. The highest BCUT2D eigenvalue weighted by molar-refractivity contribution is 6.01. The third-order valence-electron chi connectivity index (χ3n) is 6.06. The molecule has 2 aromatic carbocycles. The molecular formula is C25H24F3N3O4. The van der Waals surface area contributed by atoms with Gasteiger partial charge in [0.2, 0.25) is 12.7 Å². The second-order valence-electron chi connectivity index (χ2n) is 8.39. The number of amides is 2. The molecule has 0 atom stereocenters. The quantitative estimate of drug-likeness (QED) is 0.521. The smallest absolute Gasteiger partial charge is 0.454 e. The van der Waals surface area contributed by atoms with E-state index in [-0.39, 0.29) is 22.1 Å². The highest BCUT2D eigenvalue weighted by atomic mass is 19.4. The first-order chi connectivity index (χ1) is 16.7. The van der Waals surface area contributed by atoms with Crippen LogP contribution in [0.1, 0.15) is 26.8 Å². The van der Waals surface area contributed by atoms with Gasteiger partial charge in [-0.2, -0.15) is 13.2 Å². The molecule has 0 unspecified atom stereocenters. The molecule has 5 rings (SSSR count). The highest BCUT2D eigenvalue weighted by Gasteiger charge is 2.51. The van der Waals surface area contributed by atoms with E-state index in [0.29, 0.717) is 47.0 Å². The Morgan fingerprint density at radius 3 is 2.46 bits per heavy atom. The molecule has 1 aromatic heterocycles. The molecule has 7 nitrogen and oxygen atoms in total. The van der Waals surface area contributed by atoms with Gasteiger partial charge in [-0.1, -0.05) is 36.4 Å². The average molecular weight is 487 g/mol. The zero-order valence-corrected chi connectivity index (χ0v) is 18.3. The Morgan fingerprint density at radius 1 is 1.00 bits per heavy atom. The van der Waals surface area contributed by atoms with Crippen LogP contribution in [0, 0.1) is 0 Å². The molecule has 2 heterocycles. The Kier molecular flexibility index (Phi) is 5.58. The summed E-state index contributed by atoms with van der Waals surface area (Å²) >= 11 is 0. The number of hydrogen-bond donors (Lipinski definition) is 2. The number of anilines is 1. The number of aromatic nitrogens is 1. The molecule has 1 aliphatic carbocycles. The molecular weight excluding hydrogens is 463 g/mol. The first kappa shape index (κ1) is 22.7. The largest absolute Gasteiger partial charge is 0.471 e. The number of carbonyl (C=O) groups is 2. The van der Waals surface area contributed by atoms with E-state index in [2.05, 4.69) is 10.3 Å². The van der Waals surface area contributed by atoms with Crippen molar-refractivity contribution >= 4 is 17.6 Å². The van der Waals surface area contributed by atoms with E-state index in [1.165, 1.54) is 0 Å². The minimum atomic E-state index is -4.92. The van der Waals surface area contributed by atoms with E-state index < -0.39 is 17.5 Å². The maximum Gasteiger partial charge on any atom is 0.471 e. The number of halogens is 3. The molecule has 0 bridgehead atoms. The van der Waals surface area contributed by atoms with Gasteiger partial charge < -0.3 is 20.1 Å². The summed E-state index contributed by atoms with van der Waals surface area (Å²) in [7, 11) is 0. The molecule has 3 aromatic rings. The molecule has 0 spiro atoms. The van der Waals surface area contributed by atoms with Crippen LogP contribution in [-0.2, 0) is 21.5 Å². The molecule has 2 amide bonds. The van der Waals surface area contributed by atoms with E-state index >= 15 is 0 Å². The third-order valence-corrected chi connectivity index (χ3v) is 6.06. The van der Waals surface area contributed by atoms with Crippen LogP contribution in [0.4, 0.5) is 19.0 Å². The number of nitrogens with zero attached hydrogens (tertiary/aromatic N) is 1. The predicted molar refractivity (Wildman–Crippen MR) is 124 cm³/mol. The molecule has 0 saturated heterocycles. The van der Waals surface area contributed by atoms with Crippen molar-refractivity contribution in [2.75, 3.05) is 12.1 Å². The topological polar surface area (TPSA) is 89.6 Å².